The molecule has 16 heavy (non-hydrogen) atoms. The number of imidazole rings is 1. The molecule has 4 heteroatoms. The summed E-state index contributed by atoms with van der Waals surface area (Å²) in [6, 6.07) is 2.27. The summed E-state index contributed by atoms with van der Waals surface area (Å²) in [6.45, 7) is 2.06. The van der Waals surface area contributed by atoms with Gasteiger partial charge in [0, 0.05) is 7.05 Å². The summed E-state index contributed by atoms with van der Waals surface area (Å²) in [5.74, 6) is 0. The maximum Gasteiger partial charge on any atom is 0.140 e. The van der Waals surface area contributed by atoms with Crippen molar-refractivity contribution < 1.29 is 0 Å². The highest BCUT2D eigenvalue weighted by molar-refractivity contribution is 5.14. The minimum absolute atomic E-state index is 0.134. The topological polar surface area (TPSA) is 44.9 Å². The van der Waals surface area contributed by atoms with Crippen molar-refractivity contribution in [1.82, 2.24) is 14.5 Å². The molecule has 0 saturated carbocycles. The van der Waals surface area contributed by atoms with E-state index in [2.05, 4.69) is 16.0 Å². The van der Waals surface area contributed by atoms with Gasteiger partial charge in [-0.25, -0.2) is 4.98 Å². The Hall–Kier alpha value is -1.34. The van der Waals surface area contributed by atoms with Crippen molar-refractivity contribution in [2.24, 2.45) is 7.05 Å². The SMILES string of the molecule is Cn1cncc1C(C#N)N1CCCCCC1. The Morgan fingerprint density at radius 2 is 2.00 bits per heavy atom. The summed E-state index contributed by atoms with van der Waals surface area (Å²) >= 11 is 0. The first-order valence-corrected chi connectivity index (χ1v) is 5.93. The van der Waals surface area contributed by atoms with Gasteiger partial charge in [0.1, 0.15) is 6.04 Å². The summed E-state index contributed by atoms with van der Waals surface area (Å²) in [6.07, 6.45) is 8.56. The molecule has 0 bridgehead atoms. The number of nitrogens with zero attached hydrogens (tertiary/aromatic N) is 4. The zero-order chi connectivity index (χ0) is 11.4. The number of hydrogen-bond acceptors (Lipinski definition) is 3. The fourth-order valence-electron chi connectivity index (χ4n) is 2.32. The number of aryl methyl sites for hydroxylation is 1. The largest absolute Gasteiger partial charge is 0.335 e. The molecule has 1 aromatic rings. The normalized spacial score (nSPS) is 20.0. The molecule has 0 spiro atoms. The second-order valence-electron chi connectivity index (χ2n) is 4.41. The highest BCUT2D eigenvalue weighted by Gasteiger charge is 2.23. The maximum absolute atomic E-state index is 9.33. The van der Waals surface area contributed by atoms with E-state index in [1.807, 2.05) is 11.6 Å². The molecule has 1 fully saturated rings. The first kappa shape index (κ1) is 11.2. The van der Waals surface area contributed by atoms with Crippen molar-refractivity contribution in [2.45, 2.75) is 31.7 Å². The standard InChI is InChI=1S/C12H18N4/c1-15-10-14-9-12(15)11(8-13)16-6-4-2-3-5-7-16/h9-11H,2-7H2,1H3. The first-order chi connectivity index (χ1) is 7.83. The Bertz CT molecular complexity index is 369. The van der Waals surface area contributed by atoms with E-state index in [-0.39, 0.29) is 6.04 Å². The van der Waals surface area contributed by atoms with Gasteiger partial charge in [0.05, 0.1) is 24.3 Å². The Kier molecular flexibility index (Phi) is 3.58. The van der Waals surface area contributed by atoms with Gasteiger partial charge < -0.3 is 4.57 Å². The molecule has 0 amide bonds. The summed E-state index contributed by atoms with van der Waals surface area (Å²) in [7, 11) is 1.95. The van der Waals surface area contributed by atoms with Crippen molar-refractivity contribution in [1.29, 1.82) is 5.26 Å². The van der Waals surface area contributed by atoms with Gasteiger partial charge in [0.25, 0.3) is 0 Å². The van der Waals surface area contributed by atoms with Gasteiger partial charge in [-0.15, -0.1) is 0 Å². The van der Waals surface area contributed by atoms with Crippen molar-refractivity contribution in [3.63, 3.8) is 0 Å². The average molecular weight is 218 g/mol. The lowest BCUT2D eigenvalue weighted by Gasteiger charge is -2.25. The Labute approximate surface area is 96.5 Å². The van der Waals surface area contributed by atoms with Gasteiger partial charge in [0.2, 0.25) is 0 Å². The lowest BCUT2D eigenvalue weighted by atomic mass is 10.2. The number of aromatic nitrogens is 2. The van der Waals surface area contributed by atoms with Crippen molar-refractivity contribution >= 4 is 0 Å². The minimum Gasteiger partial charge on any atom is -0.335 e. The third kappa shape index (κ3) is 2.25. The Morgan fingerprint density at radius 3 is 2.50 bits per heavy atom. The van der Waals surface area contributed by atoms with Crippen LogP contribution in [0, 0.1) is 11.3 Å². The number of nitriles is 1. The third-order valence-electron chi connectivity index (χ3n) is 3.26. The van der Waals surface area contributed by atoms with E-state index >= 15 is 0 Å². The second kappa shape index (κ2) is 5.13. The van der Waals surface area contributed by atoms with Crippen molar-refractivity contribution in [3.05, 3.63) is 18.2 Å². The van der Waals surface area contributed by atoms with E-state index in [4.69, 9.17) is 0 Å². The van der Waals surface area contributed by atoms with Crippen LogP contribution in [-0.4, -0.2) is 27.5 Å². The summed E-state index contributed by atoms with van der Waals surface area (Å²) < 4.78 is 1.94. The number of hydrogen-bond donors (Lipinski definition) is 0. The van der Waals surface area contributed by atoms with Crippen molar-refractivity contribution in [3.8, 4) is 6.07 Å². The number of likely N-dealkylation sites (tertiary alicyclic amines) is 1. The third-order valence-corrected chi connectivity index (χ3v) is 3.26. The van der Waals surface area contributed by atoms with Crippen LogP contribution in [0.15, 0.2) is 12.5 Å². The lowest BCUT2D eigenvalue weighted by molar-refractivity contribution is 0.239. The quantitative estimate of drug-likeness (QED) is 0.761. The van der Waals surface area contributed by atoms with E-state index < -0.39 is 0 Å². The molecule has 4 nitrogen and oxygen atoms in total. The molecule has 1 aliphatic heterocycles. The van der Waals surface area contributed by atoms with Gasteiger partial charge in [-0.3, -0.25) is 4.90 Å². The van der Waals surface area contributed by atoms with Crippen LogP contribution in [0.4, 0.5) is 0 Å². The average Bonchev–Trinajstić information content (AvgIpc) is 2.57. The van der Waals surface area contributed by atoms with Gasteiger partial charge >= 0.3 is 0 Å². The van der Waals surface area contributed by atoms with Crippen LogP contribution >= 0.6 is 0 Å². The van der Waals surface area contributed by atoms with Gasteiger partial charge in [-0.2, -0.15) is 5.26 Å². The van der Waals surface area contributed by atoms with Gasteiger partial charge in [0.15, 0.2) is 0 Å². The highest BCUT2D eigenvalue weighted by Crippen LogP contribution is 2.22. The van der Waals surface area contributed by atoms with E-state index in [0.29, 0.717) is 0 Å². The van der Waals surface area contributed by atoms with Crippen LogP contribution in [0.3, 0.4) is 0 Å². The second-order valence-corrected chi connectivity index (χ2v) is 4.41. The zero-order valence-corrected chi connectivity index (χ0v) is 9.76. The fourth-order valence-corrected chi connectivity index (χ4v) is 2.32. The summed E-state index contributed by atoms with van der Waals surface area (Å²) in [5.41, 5.74) is 1.00. The summed E-state index contributed by atoms with van der Waals surface area (Å²) in [5, 5.41) is 9.33. The molecule has 1 unspecified atom stereocenters. The zero-order valence-electron chi connectivity index (χ0n) is 9.76. The lowest BCUT2D eigenvalue weighted by Crippen LogP contribution is -2.30. The maximum atomic E-state index is 9.33. The molecule has 86 valence electrons. The summed E-state index contributed by atoms with van der Waals surface area (Å²) in [4.78, 5) is 6.38. The molecule has 1 aromatic heterocycles. The van der Waals surface area contributed by atoms with Crippen LogP contribution in [0.1, 0.15) is 37.4 Å². The van der Waals surface area contributed by atoms with Gasteiger partial charge in [-0.05, 0) is 25.9 Å². The Balaban J connectivity index is 2.16. The molecule has 1 saturated heterocycles. The Morgan fingerprint density at radius 1 is 1.31 bits per heavy atom. The van der Waals surface area contributed by atoms with Crippen LogP contribution in [0.25, 0.3) is 0 Å². The molecule has 0 radical (unpaired) electrons. The number of rotatable bonds is 2. The van der Waals surface area contributed by atoms with E-state index in [1.54, 1.807) is 12.5 Å². The van der Waals surface area contributed by atoms with E-state index in [9.17, 15) is 5.26 Å². The van der Waals surface area contributed by atoms with E-state index in [1.165, 1.54) is 25.7 Å². The van der Waals surface area contributed by atoms with Crippen LogP contribution < -0.4 is 0 Å². The van der Waals surface area contributed by atoms with E-state index in [0.717, 1.165) is 18.8 Å². The monoisotopic (exact) mass is 218 g/mol. The molecule has 1 atom stereocenters. The minimum atomic E-state index is -0.134. The molecule has 0 aromatic carbocycles. The fraction of sp³-hybridized carbons (Fsp3) is 0.667. The predicted octanol–water partition coefficient (Wildman–Crippen LogP) is 1.86. The van der Waals surface area contributed by atoms with Crippen LogP contribution in [-0.2, 0) is 7.05 Å². The molecule has 0 aliphatic carbocycles. The molecular formula is C12H18N4. The first-order valence-electron chi connectivity index (χ1n) is 5.93. The molecular weight excluding hydrogens is 200 g/mol. The van der Waals surface area contributed by atoms with Crippen LogP contribution in [0.5, 0.6) is 0 Å². The predicted molar refractivity (Wildman–Crippen MR) is 61.6 cm³/mol. The van der Waals surface area contributed by atoms with Gasteiger partial charge in [-0.1, -0.05) is 12.8 Å². The molecule has 0 N–H and O–H groups in total. The smallest absolute Gasteiger partial charge is 0.140 e. The molecule has 2 rings (SSSR count). The molecule has 2 heterocycles. The highest BCUT2D eigenvalue weighted by atomic mass is 15.2. The van der Waals surface area contributed by atoms with Crippen molar-refractivity contribution in [2.75, 3.05) is 13.1 Å². The molecule has 1 aliphatic rings. The van der Waals surface area contributed by atoms with Crippen LogP contribution in [0.2, 0.25) is 0 Å².